The highest BCUT2D eigenvalue weighted by molar-refractivity contribution is 9.08. The molecule has 0 aliphatic rings. The molecule has 0 fully saturated rings. The van der Waals surface area contributed by atoms with Crippen LogP contribution >= 0.6 is 27.5 Å². The quantitative estimate of drug-likeness (QED) is 0.577. The highest BCUT2D eigenvalue weighted by atomic mass is 79.9. The number of rotatable bonds is 3. The van der Waals surface area contributed by atoms with Crippen molar-refractivity contribution in [3.63, 3.8) is 0 Å². The number of hydrogen-bond acceptors (Lipinski definition) is 2. The first kappa shape index (κ1) is 13.4. The molecule has 0 aliphatic carbocycles. The van der Waals surface area contributed by atoms with E-state index in [0.29, 0.717) is 10.4 Å². The minimum atomic E-state index is 0.644. The third-order valence-corrected chi connectivity index (χ3v) is 3.95. The van der Waals surface area contributed by atoms with E-state index in [0.717, 1.165) is 28.0 Å². The van der Waals surface area contributed by atoms with Crippen molar-refractivity contribution >= 4 is 38.4 Å². The van der Waals surface area contributed by atoms with Gasteiger partial charge in [-0.1, -0.05) is 39.7 Å². The molecule has 100 valence electrons. The van der Waals surface area contributed by atoms with Gasteiger partial charge in [0, 0.05) is 27.5 Å². The van der Waals surface area contributed by atoms with Crippen molar-refractivity contribution in [3.8, 4) is 11.5 Å². The summed E-state index contributed by atoms with van der Waals surface area (Å²) in [6.07, 6.45) is 1.77. The van der Waals surface area contributed by atoms with Crippen LogP contribution in [-0.4, -0.2) is 4.98 Å². The molecule has 3 aromatic rings. The molecule has 1 aromatic heterocycles. The maximum atomic E-state index is 6.19. The summed E-state index contributed by atoms with van der Waals surface area (Å²) < 4.78 is 6.04. The molecule has 3 rings (SSSR count). The highest BCUT2D eigenvalue weighted by Gasteiger charge is 2.09. The number of fused-ring (bicyclic) bond motifs is 1. The van der Waals surface area contributed by atoms with E-state index in [1.165, 1.54) is 0 Å². The van der Waals surface area contributed by atoms with Crippen LogP contribution in [0.2, 0.25) is 5.02 Å². The molecule has 0 aliphatic heterocycles. The van der Waals surface area contributed by atoms with Gasteiger partial charge in [0.1, 0.15) is 11.5 Å². The fraction of sp³-hybridized carbons (Fsp3) is 0.0625. The summed E-state index contributed by atoms with van der Waals surface area (Å²) in [7, 11) is 0. The van der Waals surface area contributed by atoms with Gasteiger partial charge in [-0.3, -0.25) is 4.98 Å². The Morgan fingerprint density at radius 2 is 1.80 bits per heavy atom. The summed E-state index contributed by atoms with van der Waals surface area (Å²) in [6, 6.07) is 15.4. The molecule has 0 atom stereocenters. The number of halogens is 2. The predicted molar refractivity (Wildman–Crippen MR) is 85.9 cm³/mol. The molecule has 0 spiro atoms. The Bertz CT molecular complexity index is 755. The van der Waals surface area contributed by atoms with Gasteiger partial charge in [0.15, 0.2) is 0 Å². The largest absolute Gasteiger partial charge is 0.456 e. The van der Waals surface area contributed by atoms with E-state index in [-0.39, 0.29) is 0 Å². The molecule has 4 heteroatoms. The minimum Gasteiger partial charge on any atom is -0.456 e. The van der Waals surface area contributed by atoms with Crippen LogP contribution in [0.3, 0.4) is 0 Å². The molecule has 0 amide bonds. The molecule has 0 bridgehead atoms. The lowest BCUT2D eigenvalue weighted by atomic mass is 10.2. The SMILES string of the molecule is Clc1cccc(Oc2cccc3ncccc23)c1CBr. The summed E-state index contributed by atoms with van der Waals surface area (Å²) in [6.45, 7) is 0. The Kier molecular flexibility index (Phi) is 3.90. The molecule has 0 unspecified atom stereocenters. The zero-order valence-electron chi connectivity index (χ0n) is 10.5. The van der Waals surface area contributed by atoms with Gasteiger partial charge in [0.2, 0.25) is 0 Å². The fourth-order valence-electron chi connectivity index (χ4n) is 2.05. The van der Waals surface area contributed by atoms with Gasteiger partial charge in [-0.05, 0) is 36.4 Å². The first-order chi connectivity index (χ1) is 9.79. The van der Waals surface area contributed by atoms with Gasteiger partial charge in [-0.2, -0.15) is 0 Å². The molecule has 0 radical (unpaired) electrons. The van der Waals surface area contributed by atoms with E-state index < -0.39 is 0 Å². The first-order valence-corrected chi connectivity index (χ1v) is 7.64. The Morgan fingerprint density at radius 1 is 1.00 bits per heavy atom. The van der Waals surface area contributed by atoms with Crippen molar-refractivity contribution in [3.05, 3.63) is 65.3 Å². The Morgan fingerprint density at radius 3 is 2.65 bits per heavy atom. The van der Waals surface area contributed by atoms with Gasteiger partial charge in [0.25, 0.3) is 0 Å². The van der Waals surface area contributed by atoms with E-state index in [2.05, 4.69) is 20.9 Å². The second-order valence-electron chi connectivity index (χ2n) is 4.28. The summed E-state index contributed by atoms with van der Waals surface area (Å²) in [5.41, 5.74) is 1.85. The molecule has 1 heterocycles. The van der Waals surface area contributed by atoms with E-state index in [1.54, 1.807) is 6.20 Å². The second-order valence-corrected chi connectivity index (χ2v) is 5.25. The number of ether oxygens (including phenoxy) is 1. The maximum absolute atomic E-state index is 6.19. The monoisotopic (exact) mass is 347 g/mol. The third kappa shape index (κ3) is 2.51. The van der Waals surface area contributed by atoms with E-state index in [9.17, 15) is 0 Å². The predicted octanol–water partition coefficient (Wildman–Crippen LogP) is 5.58. The Hall–Kier alpha value is -1.58. The highest BCUT2D eigenvalue weighted by Crippen LogP contribution is 2.34. The molecular weight excluding hydrogens is 338 g/mol. The molecule has 0 saturated heterocycles. The van der Waals surface area contributed by atoms with Crippen molar-refractivity contribution < 1.29 is 4.74 Å². The normalized spacial score (nSPS) is 10.7. The molecule has 0 N–H and O–H groups in total. The van der Waals surface area contributed by atoms with Gasteiger partial charge < -0.3 is 4.74 Å². The lowest BCUT2D eigenvalue weighted by Gasteiger charge is -2.12. The fourth-order valence-corrected chi connectivity index (χ4v) is 3.02. The van der Waals surface area contributed by atoms with Gasteiger partial charge in [-0.15, -0.1) is 0 Å². The number of pyridine rings is 1. The van der Waals surface area contributed by atoms with Crippen LogP contribution in [0, 0.1) is 0 Å². The minimum absolute atomic E-state index is 0.644. The topological polar surface area (TPSA) is 22.1 Å². The number of hydrogen-bond donors (Lipinski definition) is 0. The van der Waals surface area contributed by atoms with Crippen LogP contribution in [-0.2, 0) is 5.33 Å². The van der Waals surface area contributed by atoms with E-state index >= 15 is 0 Å². The van der Waals surface area contributed by atoms with Crippen molar-refractivity contribution in [2.75, 3.05) is 0 Å². The summed E-state index contributed by atoms with van der Waals surface area (Å²) in [5, 5.41) is 2.32. The molecular formula is C16H11BrClNO. The Labute approximate surface area is 130 Å². The van der Waals surface area contributed by atoms with Crippen LogP contribution in [0.1, 0.15) is 5.56 Å². The van der Waals surface area contributed by atoms with Gasteiger partial charge in [-0.25, -0.2) is 0 Å². The average Bonchev–Trinajstić information content (AvgIpc) is 2.48. The van der Waals surface area contributed by atoms with Gasteiger partial charge >= 0.3 is 0 Å². The lowest BCUT2D eigenvalue weighted by molar-refractivity contribution is 0.484. The van der Waals surface area contributed by atoms with Crippen molar-refractivity contribution in [2.45, 2.75) is 5.33 Å². The van der Waals surface area contributed by atoms with Gasteiger partial charge in [0.05, 0.1) is 5.52 Å². The zero-order valence-corrected chi connectivity index (χ0v) is 12.9. The van der Waals surface area contributed by atoms with E-state index in [1.807, 2.05) is 48.5 Å². The number of alkyl halides is 1. The number of aromatic nitrogens is 1. The average molecular weight is 349 g/mol. The van der Waals surface area contributed by atoms with Crippen LogP contribution in [0.4, 0.5) is 0 Å². The number of nitrogens with zero attached hydrogens (tertiary/aromatic N) is 1. The van der Waals surface area contributed by atoms with Crippen LogP contribution in [0.25, 0.3) is 10.9 Å². The second kappa shape index (κ2) is 5.81. The molecule has 2 aromatic carbocycles. The molecule has 2 nitrogen and oxygen atoms in total. The molecule has 0 saturated carbocycles. The van der Waals surface area contributed by atoms with Crippen LogP contribution in [0.15, 0.2) is 54.7 Å². The maximum Gasteiger partial charge on any atom is 0.136 e. The third-order valence-electron chi connectivity index (χ3n) is 3.04. The summed E-state index contributed by atoms with van der Waals surface area (Å²) in [5.74, 6) is 1.53. The summed E-state index contributed by atoms with van der Waals surface area (Å²) >= 11 is 9.64. The van der Waals surface area contributed by atoms with Crippen molar-refractivity contribution in [1.29, 1.82) is 0 Å². The first-order valence-electron chi connectivity index (χ1n) is 6.14. The zero-order chi connectivity index (χ0) is 13.9. The van der Waals surface area contributed by atoms with E-state index in [4.69, 9.17) is 16.3 Å². The van der Waals surface area contributed by atoms with Crippen LogP contribution < -0.4 is 4.74 Å². The molecule has 20 heavy (non-hydrogen) atoms. The van der Waals surface area contributed by atoms with Crippen molar-refractivity contribution in [1.82, 2.24) is 4.98 Å². The standard InChI is InChI=1S/C16H11BrClNO/c17-10-12-13(18)5-1-7-16(12)20-15-8-2-6-14-11(15)4-3-9-19-14/h1-9H,10H2. The smallest absolute Gasteiger partial charge is 0.136 e. The lowest BCUT2D eigenvalue weighted by Crippen LogP contribution is -1.91. The van der Waals surface area contributed by atoms with Crippen molar-refractivity contribution in [2.24, 2.45) is 0 Å². The summed E-state index contributed by atoms with van der Waals surface area (Å²) in [4.78, 5) is 4.33. The Balaban J connectivity index is 2.08. The van der Waals surface area contributed by atoms with Crippen LogP contribution in [0.5, 0.6) is 11.5 Å². The number of benzene rings is 2.